The van der Waals surface area contributed by atoms with Gasteiger partial charge in [0.25, 0.3) is 9.05 Å². The second kappa shape index (κ2) is 4.74. The van der Waals surface area contributed by atoms with Crippen molar-refractivity contribution < 1.29 is 8.42 Å². The number of hydrogen-bond acceptors (Lipinski definition) is 3. The van der Waals surface area contributed by atoms with Gasteiger partial charge < -0.3 is 4.57 Å². The van der Waals surface area contributed by atoms with Crippen molar-refractivity contribution in [2.45, 2.75) is 18.5 Å². The maximum atomic E-state index is 11.0. The van der Waals surface area contributed by atoms with E-state index in [-0.39, 0.29) is 11.6 Å². The Bertz CT molecular complexity index is 492. The molecule has 0 N–H and O–H groups in total. The number of aryl methyl sites for hydroxylation is 1. The average Bonchev–Trinajstić information content (AvgIpc) is 2.47. The van der Waals surface area contributed by atoms with Gasteiger partial charge in [-0.05, 0) is 6.92 Å². The maximum Gasteiger partial charge on any atom is 0.280 e. The fraction of sp³-hybridized carbons (Fsp3) is 0.286. The number of nitrogens with zero attached hydrogens (tertiary/aromatic N) is 2. The van der Waals surface area contributed by atoms with Crippen molar-refractivity contribution in [3.63, 3.8) is 0 Å². The molecule has 0 aliphatic carbocycles. The molecule has 1 heterocycles. The van der Waals surface area contributed by atoms with Crippen LogP contribution in [-0.4, -0.2) is 18.0 Å². The summed E-state index contributed by atoms with van der Waals surface area (Å²) in [6, 6.07) is 0. The highest BCUT2D eigenvalue weighted by molar-refractivity contribution is 8.13. The van der Waals surface area contributed by atoms with Gasteiger partial charge in [-0.1, -0.05) is 23.2 Å². The molecular formula is C7H7Cl3N2O2S. The van der Waals surface area contributed by atoms with Gasteiger partial charge in [0.2, 0.25) is 0 Å². The highest BCUT2D eigenvalue weighted by atomic mass is 35.7. The molecule has 0 spiro atoms. The molecule has 0 radical (unpaired) electrons. The van der Waals surface area contributed by atoms with Crippen molar-refractivity contribution >= 4 is 42.9 Å². The first-order valence-electron chi connectivity index (χ1n) is 3.78. The number of imidazole rings is 1. The molecule has 1 aromatic heterocycles. The first kappa shape index (κ1) is 12.8. The fourth-order valence-electron chi connectivity index (χ4n) is 0.954. The van der Waals surface area contributed by atoms with Crippen LogP contribution < -0.4 is 0 Å². The predicted molar refractivity (Wildman–Crippen MR) is 59.8 cm³/mol. The highest BCUT2D eigenvalue weighted by Gasteiger charge is 2.16. The van der Waals surface area contributed by atoms with Crippen molar-refractivity contribution in [3.8, 4) is 0 Å². The first-order chi connectivity index (χ1) is 6.84. The molecule has 4 nitrogen and oxygen atoms in total. The van der Waals surface area contributed by atoms with E-state index in [2.05, 4.69) is 4.98 Å². The van der Waals surface area contributed by atoms with Crippen molar-refractivity contribution in [1.82, 2.24) is 9.55 Å². The number of hydrogen-bond donors (Lipinski definition) is 0. The van der Waals surface area contributed by atoms with Gasteiger partial charge in [-0.2, -0.15) is 0 Å². The van der Waals surface area contributed by atoms with E-state index in [0.717, 1.165) is 0 Å². The molecule has 0 unspecified atom stereocenters. The Balaban J connectivity index is 3.08. The van der Waals surface area contributed by atoms with Gasteiger partial charge in [0.1, 0.15) is 5.82 Å². The summed E-state index contributed by atoms with van der Waals surface area (Å²) in [6.45, 7) is 1.90. The first-order valence-corrected chi connectivity index (χ1v) is 6.90. The molecule has 1 rings (SSSR count). The van der Waals surface area contributed by atoms with Crippen LogP contribution in [0, 0.1) is 6.92 Å². The molecule has 0 saturated carbocycles. The molecule has 0 aliphatic heterocycles. The Hall–Kier alpha value is -0.230. The van der Waals surface area contributed by atoms with Crippen LogP contribution in [0.15, 0.2) is 21.8 Å². The third-order valence-electron chi connectivity index (χ3n) is 1.64. The van der Waals surface area contributed by atoms with E-state index in [4.69, 9.17) is 33.9 Å². The fourth-order valence-corrected chi connectivity index (χ4v) is 1.87. The molecule has 0 bridgehead atoms. The summed E-state index contributed by atoms with van der Waals surface area (Å²) in [6.07, 6.45) is 1.31. The quantitative estimate of drug-likeness (QED) is 0.803. The lowest BCUT2D eigenvalue weighted by Crippen LogP contribution is -1.98. The summed E-state index contributed by atoms with van der Waals surface area (Å²) in [7, 11) is 1.33. The highest BCUT2D eigenvalue weighted by Crippen LogP contribution is 2.16. The van der Waals surface area contributed by atoms with Crippen LogP contribution in [0.1, 0.15) is 5.82 Å². The number of rotatable bonds is 3. The van der Waals surface area contributed by atoms with E-state index in [0.29, 0.717) is 10.9 Å². The Morgan fingerprint density at radius 1 is 1.67 bits per heavy atom. The van der Waals surface area contributed by atoms with Crippen molar-refractivity contribution in [2.75, 3.05) is 0 Å². The van der Waals surface area contributed by atoms with Crippen LogP contribution in [0.3, 0.4) is 0 Å². The molecule has 0 amide bonds. The van der Waals surface area contributed by atoms with Crippen LogP contribution >= 0.6 is 33.9 Å². The molecule has 0 atom stereocenters. The minimum Gasteiger partial charge on any atom is -0.328 e. The third kappa shape index (κ3) is 3.38. The summed E-state index contributed by atoms with van der Waals surface area (Å²) in [5.41, 5.74) is 1.20. The average molecular weight is 290 g/mol. The minimum atomic E-state index is -3.80. The van der Waals surface area contributed by atoms with Gasteiger partial charge >= 0.3 is 0 Å². The van der Waals surface area contributed by atoms with Gasteiger partial charge in [-0.3, -0.25) is 0 Å². The van der Waals surface area contributed by atoms with E-state index in [1.165, 1.54) is 16.3 Å². The molecule has 0 fully saturated rings. The van der Waals surface area contributed by atoms with Gasteiger partial charge in [0.15, 0.2) is 5.03 Å². The molecule has 0 saturated heterocycles. The lowest BCUT2D eigenvalue weighted by Gasteiger charge is -2.01. The third-order valence-corrected chi connectivity index (χ3v) is 3.42. The number of aromatic nitrogens is 2. The molecule has 8 heteroatoms. The second-order valence-electron chi connectivity index (χ2n) is 2.75. The standard InChI is InChI=1S/C7H7Cl3N2O2S/c1-5-11-7(15(10,13)14)4-12(5)3-6(9)2-8/h2,4H,3H2,1H3. The van der Waals surface area contributed by atoms with Crippen molar-refractivity contribution in [2.24, 2.45) is 0 Å². The number of halogens is 3. The van der Waals surface area contributed by atoms with E-state index >= 15 is 0 Å². The second-order valence-corrected chi connectivity index (χ2v) is 5.96. The minimum absolute atomic E-state index is 0.194. The largest absolute Gasteiger partial charge is 0.328 e. The van der Waals surface area contributed by atoms with Gasteiger partial charge in [0.05, 0.1) is 6.54 Å². The zero-order valence-electron chi connectivity index (χ0n) is 7.61. The van der Waals surface area contributed by atoms with Crippen molar-refractivity contribution in [3.05, 3.63) is 22.6 Å². The Kier molecular flexibility index (Phi) is 4.06. The summed E-state index contributed by atoms with van der Waals surface area (Å²) >= 11 is 11.1. The van der Waals surface area contributed by atoms with Crippen LogP contribution in [-0.2, 0) is 15.6 Å². The zero-order chi connectivity index (χ0) is 11.6. The smallest absolute Gasteiger partial charge is 0.280 e. The van der Waals surface area contributed by atoms with E-state index < -0.39 is 9.05 Å². The molecular weight excluding hydrogens is 283 g/mol. The Morgan fingerprint density at radius 3 is 2.67 bits per heavy atom. The van der Waals surface area contributed by atoms with Gasteiger partial charge in [-0.25, -0.2) is 13.4 Å². The molecule has 1 aromatic rings. The summed E-state index contributed by atoms with van der Waals surface area (Å²) in [5.74, 6) is 0.492. The normalized spacial score (nSPS) is 13.2. The monoisotopic (exact) mass is 288 g/mol. The topological polar surface area (TPSA) is 52.0 Å². The summed E-state index contributed by atoms with van der Waals surface area (Å²) < 4.78 is 23.5. The summed E-state index contributed by atoms with van der Waals surface area (Å²) in [4.78, 5) is 3.78. The van der Waals surface area contributed by atoms with Gasteiger partial charge in [0, 0.05) is 27.4 Å². The van der Waals surface area contributed by atoms with Crippen LogP contribution in [0.4, 0.5) is 0 Å². The van der Waals surface area contributed by atoms with E-state index in [9.17, 15) is 8.42 Å². The number of allylic oxidation sites excluding steroid dienone is 1. The van der Waals surface area contributed by atoms with E-state index in [1.54, 1.807) is 6.92 Å². The van der Waals surface area contributed by atoms with E-state index in [1.807, 2.05) is 0 Å². The molecule has 15 heavy (non-hydrogen) atoms. The molecule has 0 aliphatic rings. The van der Waals surface area contributed by atoms with Gasteiger partial charge in [-0.15, -0.1) is 0 Å². The Morgan fingerprint density at radius 2 is 2.27 bits per heavy atom. The predicted octanol–water partition coefficient (Wildman–Crippen LogP) is 2.44. The molecule has 84 valence electrons. The summed E-state index contributed by atoms with van der Waals surface area (Å²) in [5, 5.41) is 0.177. The lowest BCUT2D eigenvalue weighted by atomic mass is 10.5. The van der Waals surface area contributed by atoms with Crippen LogP contribution in [0.25, 0.3) is 0 Å². The van der Waals surface area contributed by atoms with Crippen LogP contribution in [0.2, 0.25) is 0 Å². The van der Waals surface area contributed by atoms with Crippen LogP contribution in [0.5, 0.6) is 0 Å². The van der Waals surface area contributed by atoms with Crippen molar-refractivity contribution in [1.29, 1.82) is 0 Å². The zero-order valence-corrected chi connectivity index (χ0v) is 10.7. The maximum absolute atomic E-state index is 11.0. The SMILES string of the molecule is Cc1nc(S(=O)(=O)Cl)cn1CC(Cl)=CCl. The molecule has 0 aromatic carbocycles. The Labute approximate surface area is 102 Å². The lowest BCUT2D eigenvalue weighted by molar-refractivity contribution is 0.606.